The molecule has 0 aromatic rings. The fraction of sp³-hybridized carbons (Fsp3) is 0.778. The van der Waals surface area contributed by atoms with Gasteiger partial charge in [0.25, 0.3) is 0 Å². The summed E-state index contributed by atoms with van der Waals surface area (Å²) < 4.78 is 30.5. The molecule has 0 aromatic heterocycles. The van der Waals surface area contributed by atoms with Crippen molar-refractivity contribution in [3.05, 3.63) is 0 Å². The van der Waals surface area contributed by atoms with Crippen LogP contribution in [0.5, 0.6) is 0 Å². The second-order valence-corrected chi connectivity index (χ2v) is 4.72. The van der Waals surface area contributed by atoms with Crippen molar-refractivity contribution in [2.75, 3.05) is 26.2 Å². The fourth-order valence-electron chi connectivity index (χ4n) is 0.892. The van der Waals surface area contributed by atoms with E-state index in [-0.39, 0.29) is 19.8 Å². The maximum absolute atomic E-state index is 11.8. The van der Waals surface area contributed by atoms with Crippen molar-refractivity contribution in [2.45, 2.75) is 20.8 Å². The van der Waals surface area contributed by atoms with Crippen LogP contribution in [0, 0.1) is 0 Å². The van der Waals surface area contributed by atoms with Crippen LogP contribution in [0.2, 0.25) is 0 Å². The summed E-state index contributed by atoms with van der Waals surface area (Å²) in [6.07, 6.45) is -0.605. The highest BCUT2D eigenvalue weighted by Gasteiger charge is 2.28. The summed E-state index contributed by atoms with van der Waals surface area (Å²) in [4.78, 5) is 22.0. The maximum atomic E-state index is 11.8. The Morgan fingerprint density at radius 3 is 1.76 bits per heavy atom. The highest BCUT2D eigenvalue weighted by Crippen LogP contribution is 2.47. The van der Waals surface area contributed by atoms with Gasteiger partial charge in [0.1, 0.15) is 0 Å². The molecular weight excluding hydrogens is 251 g/mol. The molecule has 0 amide bonds. The van der Waals surface area contributed by atoms with Crippen LogP contribution < -0.4 is 0 Å². The summed E-state index contributed by atoms with van der Waals surface area (Å²) in [6, 6.07) is 0. The molecule has 0 fully saturated rings. The molecule has 17 heavy (non-hydrogen) atoms. The number of hydrogen-bond acceptors (Lipinski definition) is 7. The third-order valence-electron chi connectivity index (χ3n) is 1.45. The Balaban J connectivity index is 4.26. The Labute approximate surface area is 99.9 Å². The predicted molar refractivity (Wildman–Crippen MR) is 58.5 cm³/mol. The van der Waals surface area contributed by atoms with Crippen LogP contribution in [-0.2, 0) is 32.7 Å². The lowest BCUT2D eigenvalue weighted by Gasteiger charge is -2.16. The van der Waals surface area contributed by atoms with Gasteiger partial charge in [-0.2, -0.15) is 0 Å². The first-order chi connectivity index (χ1) is 7.99. The summed E-state index contributed by atoms with van der Waals surface area (Å²) in [5.41, 5.74) is 0. The van der Waals surface area contributed by atoms with Crippen molar-refractivity contribution in [3.8, 4) is 0 Å². The summed E-state index contributed by atoms with van der Waals surface area (Å²) >= 11 is 0. The number of carbonyl (C=O) groups is 2. The van der Waals surface area contributed by atoms with Gasteiger partial charge in [0.15, 0.2) is 6.35 Å². The molecule has 100 valence electrons. The second kappa shape index (κ2) is 8.22. The fourth-order valence-corrected chi connectivity index (χ4v) is 2.18. The lowest BCUT2D eigenvalue weighted by molar-refractivity contribution is -0.166. The minimum atomic E-state index is -3.48. The standard InChI is InChI=1S/C9H17O7P/c1-4-13-8(10)9(11)14-7-17(12,15-5-2)16-6-3/h4-7H2,1-3H3. The van der Waals surface area contributed by atoms with Crippen molar-refractivity contribution < 1.29 is 32.7 Å². The minimum Gasteiger partial charge on any atom is -0.458 e. The topological polar surface area (TPSA) is 88.1 Å². The van der Waals surface area contributed by atoms with E-state index >= 15 is 0 Å². The molecule has 7 nitrogen and oxygen atoms in total. The van der Waals surface area contributed by atoms with Gasteiger partial charge in [0, 0.05) is 0 Å². The minimum absolute atomic E-state index is 0.0580. The third-order valence-corrected chi connectivity index (χ3v) is 3.20. The van der Waals surface area contributed by atoms with E-state index in [1.165, 1.54) is 0 Å². The van der Waals surface area contributed by atoms with E-state index in [0.29, 0.717) is 0 Å². The Morgan fingerprint density at radius 1 is 0.882 bits per heavy atom. The van der Waals surface area contributed by atoms with Crippen LogP contribution in [0.4, 0.5) is 0 Å². The molecule has 0 saturated heterocycles. The molecule has 0 heterocycles. The molecule has 0 spiro atoms. The highest BCUT2D eigenvalue weighted by molar-refractivity contribution is 7.53. The van der Waals surface area contributed by atoms with Gasteiger partial charge in [-0.25, -0.2) is 9.59 Å². The first kappa shape index (κ1) is 16.1. The average molecular weight is 268 g/mol. The molecule has 0 rings (SSSR count). The molecule has 0 saturated carbocycles. The monoisotopic (exact) mass is 268 g/mol. The van der Waals surface area contributed by atoms with Gasteiger partial charge in [-0.05, 0) is 20.8 Å². The van der Waals surface area contributed by atoms with Crippen molar-refractivity contribution in [1.29, 1.82) is 0 Å². The second-order valence-electron chi connectivity index (χ2n) is 2.73. The largest absolute Gasteiger partial charge is 0.458 e. The van der Waals surface area contributed by atoms with Gasteiger partial charge in [0.2, 0.25) is 0 Å². The molecule has 0 N–H and O–H groups in total. The molecular formula is C9H17O7P. The van der Waals surface area contributed by atoms with E-state index < -0.39 is 25.9 Å². The zero-order valence-electron chi connectivity index (χ0n) is 10.1. The normalized spacial score (nSPS) is 11.0. The molecule has 0 aliphatic heterocycles. The van der Waals surface area contributed by atoms with E-state index in [0.717, 1.165) is 0 Å². The van der Waals surface area contributed by atoms with Crippen LogP contribution in [0.3, 0.4) is 0 Å². The van der Waals surface area contributed by atoms with Crippen LogP contribution in [0.25, 0.3) is 0 Å². The molecule has 0 aliphatic carbocycles. The molecule has 0 unspecified atom stereocenters. The van der Waals surface area contributed by atoms with Crippen LogP contribution in [0.1, 0.15) is 20.8 Å². The van der Waals surface area contributed by atoms with E-state index in [9.17, 15) is 14.2 Å². The van der Waals surface area contributed by atoms with E-state index in [1.807, 2.05) is 0 Å². The van der Waals surface area contributed by atoms with Crippen molar-refractivity contribution in [1.82, 2.24) is 0 Å². The Morgan fingerprint density at radius 2 is 1.35 bits per heavy atom. The van der Waals surface area contributed by atoms with Gasteiger partial charge in [0.05, 0.1) is 19.8 Å². The lowest BCUT2D eigenvalue weighted by Crippen LogP contribution is -2.21. The lowest BCUT2D eigenvalue weighted by atomic mass is 10.7. The number of hydrogen-bond donors (Lipinski definition) is 0. The maximum Gasteiger partial charge on any atom is 0.418 e. The summed E-state index contributed by atoms with van der Waals surface area (Å²) in [5, 5.41) is 0. The summed E-state index contributed by atoms with van der Waals surface area (Å²) in [5.74, 6) is -2.35. The molecule has 0 bridgehead atoms. The quantitative estimate of drug-likeness (QED) is 0.391. The number of rotatable bonds is 7. The number of esters is 2. The Kier molecular flexibility index (Phi) is 7.78. The van der Waals surface area contributed by atoms with Gasteiger partial charge in [-0.3, -0.25) is 4.57 Å². The molecule has 0 aromatic carbocycles. The highest BCUT2D eigenvalue weighted by atomic mass is 31.2. The molecule has 0 radical (unpaired) electrons. The SMILES string of the molecule is CCOC(=O)C(=O)OCP(=O)(OCC)OCC. The summed E-state index contributed by atoms with van der Waals surface area (Å²) in [6.45, 7) is 5.15. The predicted octanol–water partition coefficient (Wildman–Crippen LogP) is 1.32. The zero-order valence-corrected chi connectivity index (χ0v) is 11.0. The third kappa shape index (κ3) is 6.41. The first-order valence-electron chi connectivity index (χ1n) is 5.21. The van der Waals surface area contributed by atoms with E-state index in [4.69, 9.17) is 9.05 Å². The smallest absolute Gasteiger partial charge is 0.418 e. The van der Waals surface area contributed by atoms with Crippen molar-refractivity contribution in [3.63, 3.8) is 0 Å². The number of carbonyl (C=O) groups excluding carboxylic acids is 2. The average Bonchev–Trinajstić information content (AvgIpc) is 2.27. The van der Waals surface area contributed by atoms with Gasteiger partial charge < -0.3 is 18.5 Å². The van der Waals surface area contributed by atoms with Crippen molar-refractivity contribution >= 4 is 19.5 Å². The zero-order chi connectivity index (χ0) is 13.3. The molecule has 8 heteroatoms. The van der Waals surface area contributed by atoms with Gasteiger partial charge in [-0.15, -0.1) is 0 Å². The Hall–Kier alpha value is -0.910. The van der Waals surface area contributed by atoms with Crippen LogP contribution in [0.15, 0.2) is 0 Å². The van der Waals surface area contributed by atoms with E-state index in [2.05, 4.69) is 9.47 Å². The molecule has 0 aliphatic rings. The Bertz CT molecular complexity index is 292. The van der Waals surface area contributed by atoms with Crippen LogP contribution in [-0.4, -0.2) is 38.1 Å². The van der Waals surface area contributed by atoms with Gasteiger partial charge >= 0.3 is 19.5 Å². The number of ether oxygens (including phenoxy) is 2. The summed E-state index contributed by atoms with van der Waals surface area (Å²) in [7, 11) is -3.48. The first-order valence-corrected chi connectivity index (χ1v) is 6.93. The van der Waals surface area contributed by atoms with Crippen LogP contribution >= 0.6 is 7.60 Å². The molecule has 0 atom stereocenters. The van der Waals surface area contributed by atoms with Gasteiger partial charge in [-0.1, -0.05) is 0 Å². The van der Waals surface area contributed by atoms with E-state index in [1.54, 1.807) is 20.8 Å². The van der Waals surface area contributed by atoms with Crippen molar-refractivity contribution in [2.24, 2.45) is 0 Å².